The summed E-state index contributed by atoms with van der Waals surface area (Å²) in [6.07, 6.45) is 8.49. The lowest BCUT2D eigenvalue weighted by Gasteiger charge is -2.40. The third-order valence-corrected chi connectivity index (χ3v) is 5.12. The molecule has 1 saturated carbocycles. The van der Waals surface area contributed by atoms with Crippen LogP contribution in [0.3, 0.4) is 0 Å². The molecule has 0 aliphatic heterocycles. The zero-order valence-electron chi connectivity index (χ0n) is 15.1. The monoisotopic (exact) mass is 363 g/mol. The van der Waals surface area contributed by atoms with Crippen LogP contribution in [0.15, 0.2) is 61.7 Å². The Kier molecular flexibility index (Phi) is 4.32. The molecule has 138 valence electrons. The predicted octanol–water partition coefficient (Wildman–Crippen LogP) is 3.26. The van der Waals surface area contributed by atoms with Gasteiger partial charge in [0, 0.05) is 37.7 Å². The lowest BCUT2D eigenvalue weighted by molar-refractivity contribution is -0.130. The zero-order valence-corrected chi connectivity index (χ0v) is 15.1. The molecule has 27 heavy (non-hydrogen) atoms. The lowest BCUT2D eigenvalue weighted by Crippen LogP contribution is -2.49. The van der Waals surface area contributed by atoms with Crippen LogP contribution in [-0.2, 0) is 4.79 Å². The summed E-state index contributed by atoms with van der Waals surface area (Å²) in [5.41, 5.74) is 2.86. The average Bonchev–Trinajstić information content (AvgIpc) is 3.12. The van der Waals surface area contributed by atoms with E-state index in [1.165, 1.54) is 6.08 Å². The largest absolute Gasteiger partial charge is 0.508 e. The minimum absolute atomic E-state index is 0.0591. The quantitative estimate of drug-likeness (QED) is 0.707. The SMILES string of the molecule is C=CC(=O)N(C)[C@H]1C[C@H](Oc2cc(-c3ccc(O)cc3)cn3cncc23)C1. The second-order valence-electron chi connectivity index (χ2n) is 6.84. The number of carbonyl (C=O) groups excluding carboxylic acids is 1. The van der Waals surface area contributed by atoms with Crippen LogP contribution in [0.25, 0.3) is 16.6 Å². The van der Waals surface area contributed by atoms with Crippen LogP contribution in [0.4, 0.5) is 0 Å². The molecule has 0 radical (unpaired) electrons. The fourth-order valence-corrected chi connectivity index (χ4v) is 3.36. The molecule has 0 bridgehead atoms. The van der Waals surface area contributed by atoms with E-state index in [0.29, 0.717) is 0 Å². The predicted molar refractivity (Wildman–Crippen MR) is 103 cm³/mol. The van der Waals surface area contributed by atoms with E-state index in [-0.39, 0.29) is 23.8 Å². The number of fused-ring (bicyclic) bond motifs is 1. The summed E-state index contributed by atoms with van der Waals surface area (Å²) in [6.45, 7) is 3.53. The standard InChI is InChI=1S/C21H21N3O3/c1-3-21(26)23(2)16-9-18(10-16)27-20-8-15(12-24-13-22-11-19(20)24)14-4-6-17(25)7-5-14/h3-8,11-13,16,18,25H,1,9-10H2,2H3/t16-,18-. The zero-order chi connectivity index (χ0) is 19.0. The number of aromatic hydroxyl groups is 1. The molecule has 0 saturated heterocycles. The first kappa shape index (κ1) is 17.1. The van der Waals surface area contributed by atoms with Gasteiger partial charge in [-0.2, -0.15) is 0 Å². The number of imidazole rings is 1. The summed E-state index contributed by atoms with van der Waals surface area (Å²) >= 11 is 0. The topological polar surface area (TPSA) is 67.1 Å². The Bertz CT molecular complexity index is 988. The van der Waals surface area contributed by atoms with E-state index in [4.69, 9.17) is 4.74 Å². The number of aromatic nitrogens is 2. The first-order chi connectivity index (χ1) is 13.0. The smallest absolute Gasteiger partial charge is 0.245 e. The molecule has 1 amide bonds. The molecule has 0 unspecified atom stereocenters. The number of pyridine rings is 1. The van der Waals surface area contributed by atoms with Crippen molar-refractivity contribution in [3.05, 3.63) is 61.7 Å². The normalized spacial score (nSPS) is 18.7. The fraction of sp³-hybridized carbons (Fsp3) is 0.238. The van der Waals surface area contributed by atoms with Gasteiger partial charge in [0.1, 0.15) is 23.1 Å². The molecule has 1 fully saturated rings. The minimum Gasteiger partial charge on any atom is -0.508 e. The second-order valence-corrected chi connectivity index (χ2v) is 6.84. The number of rotatable bonds is 5. The van der Waals surface area contributed by atoms with E-state index in [9.17, 15) is 9.90 Å². The van der Waals surface area contributed by atoms with E-state index in [2.05, 4.69) is 11.6 Å². The van der Waals surface area contributed by atoms with Crippen molar-refractivity contribution in [3.63, 3.8) is 0 Å². The van der Waals surface area contributed by atoms with Crippen LogP contribution in [0.2, 0.25) is 0 Å². The number of phenolic OH excluding ortho intramolecular Hbond substituents is 1. The Labute approximate surface area is 157 Å². The highest BCUT2D eigenvalue weighted by Gasteiger charge is 2.35. The van der Waals surface area contributed by atoms with Crippen molar-refractivity contribution in [2.75, 3.05) is 7.05 Å². The van der Waals surface area contributed by atoms with Gasteiger partial charge < -0.3 is 19.1 Å². The molecule has 1 aromatic carbocycles. The summed E-state index contributed by atoms with van der Waals surface area (Å²) in [5.74, 6) is 0.933. The van der Waals surface area contributed by atoms with Gasteiger partial charge in [-0.05, 0) is 29.8 Å². The number of hydrogen-bond acceptors (Lipinski definition) is 4. The van der Waals surface area contributed by atoms with Gasteiger partial charge in [-0.15, -0.1) is 0 Å². The van der Waals surface area contributed by atoms with Gasteiger partial charge >= 0.3 is 0 Å². The Morgan fingerprint density at radius 3 is 2.78 bits per heavy atom. The van der Waals surface area contributed by atoms with Crippen molar-refractivity contribution in [1.29, 1.82) is 0 Å². The molecule has 4 rings (SSSR count). The number of benzene rings is 1. The van der Waals surface area contributed by atoms with Crippen LogP contribution in [0.5, 0.6) is 11.5 Å². The van der Waals surface area contributed by atoms with Gasteiger partial charge in [0.25, 0.3) is 0 Å². The van der Waals surface area contributed by atoms with E-state index in [1.54, 1.807) is 36.6 Å². The molecule has 1 aliphatic rings. The van der Waals surface area contributed by atoms with Crippen LogP contribution in [0.1, 0.15) is 12.8 Å². The number of ether oxygens (including phenoxy) is 1. The number of phenols is 1. The third kappa shape index (κ3) is 3.26. The van der Waals surface area contributed by atoms with Crippen LogP contribution < -0.4 is 4.74 Å². The molecule has 6 nitrogen and oxygen atoms in total. The van der Waals surface area contributed by atoms with Gasteiger partial charge in [-0.25, -0.2) is 4.98 Å². The Morgan fingerprint density at radius 2 is 2.07 bits per heavy atom. The van der Waals surface area contributed by atoms with Crippen LogP contribution in [-0.4, -0.2) is 44.5 Å². The molecule has 1 N–H and O–H groups in total. The molecule has 2 heterocycles. The van der Waals surface area contributed by atoms with Gasteiger partial charge in [0.2, 0.25) is 5.91 Å². The second kappa shape index (κ2) is 6.79. The van der Waals surface area contributed by atoms with Crippen molar-refractivity contribution in [2.45, 2.75) is 25.0 Å². The average molecular weight is 363 g/mol. The molecular formula is C21H21N3O3. The minimum atomic E-state index is -0.0639. The van der Waals surface area contributed by atoms with Crippen LogP contribution in [0, 0.1) is 0 Å². The summed E-state index contributed by atoms with van der Waals surface area (Å²) in [5, 5.41) is 9.51. The molecule has 0 atom stereocenters. The number of amides is 1. The van der Waals surface area contributed by atoms with E-state index in [0.717, 1.165) is 35.2 Å². The first-order valence-electron chi connectivity index (χ1n) is 8.86. The van der Waals surface area contributed by atoms with Gasteiger partial charge in [0.15, 0.2) is 0 Å². The number of likely N-dealkylation sites (N-methyl/N-ethyl adjacent to an activating group) is 1. The highest BCUT2D eigenvalue weighted by atomic mass is 16.5. The molecule has 1 aliphatic carbocycles. The van der Waals surface area contributed by atoms with Crippen molar-refractivity contribution >= 4 is 11.4 Å². The van der Waals surface area contributed by atoms with Crippen molar-refractivity contribution in [3.8, 4) is 22.6 Å². The molecular weight excluding hydrogens is 342 g/mol. The van der Waals surface area contributed by atoms with Crippen molar-refractivity contribution in [2.24, 2.45) is 0 Å². The molecule has 6 heteroatoms. The molecule has 2 aromatic heterocycles. The number of hydrogen-bond donors (Lipinski definition) is 1. The summed E-state index contributed by atoms with van der Waals surface area (Å²) in [7, 11) is 1.80. The Balaban J connectivity index is 1.55. The van der Waals surface area contributed by atoms with Gasteiger partial charge in [0.05, 0.1) is 12.5 Å². The van der Waals surface area contributed by atoms with Gasteiger partial charge in [-0.3, -0.25) is 4.79 Å². The van der Waals surface area contributed by atoms with Crippen LogP contribution >= 0.6 is 0 Å². The Hall–Kier alpha value is -3.28. The molecule has 3 aromatic rings. The van der Waals surface area contributed by atoms with E-state index < -0.39 is 0 Å². The maximum Gasteiger partial charge on any atom is 0.245 e. The summed E-state index contributed by atoms with van der Waals surface area (Å²) in [4.78, 5) is 17.6. The number of carbonyl (C=O) groups is 1. The summed E-state index contributed by atoms with van der Waals surface area (Å²) in [6, 6.07) is 9.24. The fourth-order valence-electron chi connectivity index (χ4n) is 3.36. The third-order valence-electron chi connectivity index (χ3n) is 5.12. The Morgan fingerprint density at radius 1 is 1.33 bits per heavy atom. The maximum atomic E-state index is 11.7. The van der Waals surface area contributed by atoms with E-state index in [1.807, 2.05) is 28.8 Å². The summed E-state index contributed by atoms with van der Waals surface area (Å²) < 4.78 is 8.16. The van der Waals surface area contributed by atoms with E-state index >= 15 is 0 Å². The maximum absolute atomic E-state index is 11.7. The van der Waals surface area contributed by atoms with Crippen molar-refractivity contribution < 1.29 is 14.6 Å². The molecule has 0 spiro atoms. The highest BCUT2D eigenvalue weighted by molar-refractivity contribution is 5.87. The number of nitrogens with zero attached hydrogens (tertiary/aromatic N) is 3. The highest BCUT2D eigenvalue weighted by Crippen LogP contribution is 2.34. The lowest BCUT2D eigenvalue weighted by atomic mass is 9.88. The first-order valence-corrected chi connectivity index (χ1v) is 8.86. The van der Waals surface area contributed by atoms with Gasteiger partial charge in [-0.1, -0.05) is 18.7 Å². The van der Waals surface area contributed by atoms with Crippen molar-refractivity contribution in [1.82, 2.24) is 14.3 Å².